The van der Waals surface area contributed by atoms with Gasteiger partial charge >= 0.3 is 0 Å². The summed E-state index contributed by atoms with van der Waals surface area (Å²) >= 11 is 0. The van der Waals surface area contributed by atoms with Crippen LogP contribution in [0, 0.1) is 13.8 Å². The molecule has 0 fully saturated rings. The van der Waals surface area contributed by atoms with Gasteiger partial charge in [0.15, 0.2) is 11.5 Å². The van der Waals surface area contributed by atoms with E-state index in [4.69, 9.17) is 9.47 Å². The van der Waals surface area contributed by atoms with Gasteiger partial charge in [0.25, 0.3) is 5.91 Å². The Labute approximate surface area is 132 Å². The van der Waals surface area contributed by atoms with Crippen LogP contribution < -0.4 is 14.8 Å². The minimum absolute atomic E-state index is 0.207. The molecule has 1 aliphatic heterocycles. The van der Waals surface area contributed by atoms with Crippen molar-refractivity contribution in [2.24, 2.45) is 0 Å². The van der Waals surface area contributed by atoms with Crippen molar-refractivity contribution in [3.8, 4) is 11.5 Å². The van der Waals surface area contributed by atoms with E-state index in [0.717, 1.165) is 11.2 Å². The maximum atomic E-state index is 12.7. The quantitative estimate of drug-likeness (QED) is 0.790. The molecule has 3 heterocycles. The molecule has 0 saturated heterocycles. The number of nitrogens with zero attached hydrogens (tertiary/aromatic N) is 2. The highest BCUT2D eigenvalue weighted by molar-refractivity contribution is 6.04. The number of ether oxygens (including phenoxy) is 2. The number of aryl methyl sites for hydroxylation is 2. The lowest BCUT2D eigenvalue weighted by Gasteiger charge is -2.07. The first kappa shape index (κ1) is 13.6. The second kappa shape index (κ2) is 5.01. The summed E-state index contributed by atoms with van der Waals surface area (Å²) in [6.45, 7) is 4.01. The van der Waals surface area contributed by atoms with Crippen molar-refractivity contribution in [3.63, 3.8) is 0 Å². The molecule has 1 amide bonds. The highest BCUT2D eigenvalue weighted by Crippen LogP contribution is 2.34. The highest BCUT2D eigenvalue weighted by Gasteiger charge is 2.19. The summed E-state index contributed by atoms with van der Waals surface area (Å²) < 4.78 is 12.4. The number of carbonyl (C=O) groups is 1. The predicted octanol–water partition coefficient (Wildman–Crippen LogP) is 2.93. The highest BCUT2D eigenvalue weighted by atomic mass is 16.7. The van der Waals surface area contributed by atoms with Gasteiger partial charge in [0.05, 0.1) is 5.69 Å². The van der Waals surface area contributed by atoms with Crippen LogP contribution >= 0.6 is 0 Å². The van der Waals surface area contributed by atoms with Crippen molar-refractivity contribution in [1.29, 1.82) is 0 Å². The fourth-order valence-corrected chi connectivity index (χ4v) is 2.76. The number of rotatable bonds is 2. The monoisotopic (exact) mass is 309 g/mol. The fraction of sp³-hybridized carbons (Fsp3) is 0.176. The Morgan fingerprint density at radius 3 is 2.91 bits per heavy atom. The van der Waals surface area contributed by atoms with Gasteiger partial charge in [-0.05, 0) is 37.6 Å². The Bertz CT molecular complexity index is 930. The number of hydrogen-bond acceptors (Lipinski definition) is 4. The number of benzene rings is 1. The molecule has 0 bridgehead atoms. The van der Waals surface area contributed by atoms with Crippen molar-refractivity contribution in [3.05, 3.63) is 53.5 Å². The zero-order chi connectivity index (χ0) is 16.0. The van der Waals surface area contributed by atoms with Crippen LogP contribution in [0.15, 0.2) is 36.5 Å². The van der Waals surface area contributed by atoms with Crippen molar-refractivity contribution in [2.75, 3.05) is 12.1 Å². The first-order valence-electron chi connectivity index (χ1n) is 7.29. The van der Waals surface area contributed by atoms with Gasteiger partial charge in [-0.3, -0.25) is 9.20 Å². The number of imidazole rings is 1. The van der Waals surface area contributed by atoms with Gasteiger partial charge in [-0.2, -0.15) is 0 Å². The minimum atomic E-state index is -0.209. The normalized spacial score (nSPS) is 12.6. The Morgan fingerprint density at radius 2 is 2.04 bits per heavy atom. The summed E-state index contributed by atoms with van der Waals surface area (Å²) in [6.07, 6.45) is 1.84. The summed E-state index contributed by atoms with van der Waals surface area (Å²) in [7, 11) is 0. The molecule has 3 aromatic rings. The second-order valence-electron chi connectivity index (χ2n) is 5.45. The molecule has 0 aliphatic carbocycles. The van der Waals surface area contributed by atoms with E-state index in [2.05, 4.69) is 10.3 Å². The average Bonchev–Trinajstić information content (AvgIpc) is 3.11. The van der Waals surface area contributed by atoms with Gasteiger partial charge in [0.2, 0.25) is 6.79 Å². The number of nitrogens with one attached hydrogen (secondary N) is 1. The van der Waals surface area contributed by atoms with E-state index in [-0.39, 0.29) is 12.7 Å². The lowest BCUT2D eigenvalue weighted by Crippen LogP contribution is -2.15. The van der Waals surface area contributed by atoms with E-state index in [9.17, 15) is 4.79 Å². The van der Waals surface area contributed by atoms with Crippen molar-refractivity contribution >= 4 is 17.2 Å². The van der Waals surface area contributed by atoms with Gasteiger partial charge in [-0.15, -0.1) is 0 Å². The number of hydrogen-bond donors (Lipinski definition) is 1. The number of aromatic nitrogens is 2. The van der Waals surface area contributed by atoms with Crippen LogP contribution in [-0.2, 0) is 0 Å². The average molecular weight is 309 g/mol. The van der Waals surface area contributed by atoms with Crippen LogP contribution in [0.1, 0.15) is 21.7 Å². The van der Waals surface area contributed by atoms with Crippen molar-refractivity contribution in [1.82, 2.24) is 9.38 Å². The maximum absolute atomic E-state index is 12.7. The molecular weight excluding hydrogens is 294 g/mol. The van der Waals surface area contributed by atoms with Crippen LogP contribution in [0.4, 0.5) is 5.69 Å². The van der Waals surface area contributed by atoms with E-state index in [1.165, 1.54) is 0 Å². The van der Waals surface area contributed by atoms with Crippen LogP contribution in [0.3, 0.4) is 0 Å². The second-order valence-corrected chi connectivity index (χ2v) is 5.45. The molecule has 0 atom stereocenters. The molecule has 0 saturated carbocycles. The molecule has 0 spiro atoms. The van der Waals surface area contributed by atoms with Crippen LogP contribution in [-0.4, -0.2) is 22.1 Å². The molecule has 0 radical (unpaired) electrons. The fourth-order valence-electron chi connectivity index (χ4n) is 2.76. The SMILES string of the molecule is Cc1nc2c(C)cccn2c1C(=O)Nc1ccc2c(c1)OCO2. The molecule has 1 aromatic carbocycles. The third-order valence-corrected chi connectivity index (χ3v) is 3.86. The molecule has 0 unspecified atom stereocenters. The van der Waals surface area contributed by atoms with Crippen LogP contribution in [0.2, 0.25) is 0 Å². The van der Waals surface area contributed by atoms with Crippen LogP contribution in [0.25, 0.3) is 5.65 Å². The summed E-state index contributed by atoms with van der Waals surface area (Å²) in [6, 6.07) is 9.20. The number of carbonyl (C=O) groups excluding carboxylic acids is 1. The molecule has 2 aromatic heterocycles. The van der Waals surface area contributed by atoms with E-state index < -0.39 is 0 Å². The third kappa shape index (κ3) is 2.19. The molecule has 6 nitrogen and oxygen atoms in total. The summed E-state index contributed by atoms with van der Waals surface area (Å²) in [5, 5.41) is 2.89. The Hall–Kier alpha value is -3.02. The van der Waals surface area contributed by atoms with E-state index in [1.54, 1.807) is 18.2 Å². The van der Waals surface area contributed by atoms with E-state index in [0.29, 0.717) is 28.6 Å². The lowest BCUT2D eigenvalue weighted by atomic mass is 10.2. The minimum Gasteiger partial charge on any atom is -0.454 e. The largest absolute Gasteiger partial charge is 0.454 e. The maximum Gasteiger partial charge on any atom is 0.274 e. The number of pyridine rings is 1. The number of fused-ring (bicyclic) bond motifs is 2. The Balaban J connectivity index is 1.70. The number of anilines is 1. The van der Waals surface area contributed by atoms with Gasteiger partial charge in [0, 0.05) is 18.0 Å². The molecular formula is C17H15N3O3. The molecule has 116 valence electrons. The van der Waals surface area contributed by atoms with E-state index >= 15 is 0 Å². The Kier molecular flexibility index (Phi) is 2.97. The molecule has 23 heavy (non-hydrogen) atoms. The smallest absolute Gasteiger partial charge is 0.274 e. The van der Waals surface area contributed by atoms with Crippen molar-refractivity contribution < 1.29 is 14.3 Å². The molecule has 1 N–H and O–H groups in total. The summed E-state index contributed by atoms with van der Waals surface area (Å²) in [5.74, 6) is 1.11. The third-order valence-electron chi connectivity index (χ3n) is 3.86. The summed E-state index contributed by atoms with van der Waals surface area (Å²) in [4.78, 5) is 17.2. The predicted molar refractivity (Wildman–Crippen MR) is 85.2 cm³/mol. The zero-order valence-corrected chi connectivity index (χ0v) is 12.8. The van der Waals surface area contributed by atoms with Gasteiger partial charge in [-0.1, -0.05) is 6.07 Å². The van der Waals surface area contributed by atoms with E-state index in [1.807, 2.05) is 36.6 Å². The first-order valence-corrected chi connectivity index (χ1v) is 7.29. The molecule has 1 aliphatic rings. The summed E-state index contributed by atoms with van der Waals surface area (Å²) in [5.41, 5.74) is 3.69. The molecule has 4 rings (SSSR count). The van der Waals surface area contributed by atoms with Gasteiger partial charge in [0.1, 0.15) is 11.3 Å². The Morgan fingerprint density at radius 1 is 1.22 bits per heavy atom. The number of amides is 1. The first-order chi connectivity index (χ1) is 11.1. The van der Waals surface area contributed by atoms with Crippen molar-refractivity contribution in [2.45, 2.75) is 13.8 Å². The van der Waals surface area contributed by atoms with Crippen LogP contribution in [0.5, 0.6) is 11.5 Å². The topological polar surface area (TPSA) is 64.9 Å². The van der Waals surface area contributed by atoms with Gasteiger partial charge < -0.3 is 14.8 Å². The standard InChI is InChI=1S/C17H15N3O3/c1-10-4-3-7-20-15(11(2)18-16(10)20)17(21)19-12-5-6-13-14(8-12)23-9-22-13/h3-8H,9H2,1-2H3,(H,19,21). The zero-order valence-electron chi connectivity index (χ0n) is 12.8. The lowest BCUT2D eigenvalue weighted by molar-refractivity contribution is 0.102. The van der Waals surface area contributed by atoms with Gasteiger partial charge in [-0.25, -0.2) is 4.98 Å². The molecule has 6 heteroatoms.